The number of anilines is 1. The first-order valence-electron chi connectivity index (χ1n) is 7.46. The highest BCUT2D eigenvalue weighted by molar-refractivity contribution is 6.43. The van der Waals surface area contributed by atoms with E-state index in [0.29, 0.717) is 18.1 Å². The lowest BCUT2D eigenvalue weighted by molar-refractivity contribution is 0.149. The van der Waals surface area contributed by atoms with Crippen LogP contribution in [0.2, 0.25) is 15.1 Å². The fourth-order valence-electron chi connectivity index (χ4n) is 2.53. The van der Waals surface area contributed by atoms with Gasteiger partial charge in [-0.2, -0.15) is 0 Å². The molecule has 0 atom stereocenters. The summed E-state index contributed by atoms with van der Waals surface area (Å²) in [5.41, 5.74) is 1.15. The average molecular weight is 386 g/mol. The van der Waals surface area contributed by atoms with Gasteiger partial charge in [0.25, 0.3) is 0 Å². The van der Waals surface area contributed by atoms with Crippen molar-refractivity contribution >= 4 is 46.6 Å². The van der Waals surface area contributed by atoms with Crippen LogP contribution in [0.1, 0.15) is 0 Å². The van der Waals surface area contributed by atoms with E-state index in [9.17, 15) is 4.79 Å². The number of carbonyl (C=O) groups excluding carboxylic acids is 1. The Morgan fingerprint density at radius 1 is 0.875 bits per heavy atom. The highest BCUT2D eigenvalue weighted by Gasteiger charge is 2.23. The van der Waals surface area contributed by atoms with E-state index in [2.05, 4.69) is 17.0 Å². The average Bonchev–Trinajstić information content (AvgIpc) is 2.60. The largest absolute Gasteiger partial charge is 0.415 e. The number of ether oxygens (including phenoxy) is 1. The number of halogens is 3. The summed E-state index contributed by atoms with van der Waals surface area (Å²) in [5.74, 6) is 0.210. The van der Waals surface area contributed by atoms with Crippen LogP contribution >= 0.6 is 34.8 Å². The molecule has 126 valence electrons. The summed E-state index contributed by atoms with van der Waals surface area (Å²) in [6, 6.07) is 13.0. The van der Waals surface area contributed by atoms with E-state index in [1.807, 2.05) is 18.2 Å². The van der Waals surface area contributed by atoms with Gasteiger partial charge in [-0.25, -0.2) is 4.79 Å². The van der Waals surface area contributed by atoms with Crippen molar-refractivity contribution in [2.75, 3.05) is 31.1 Å². The van der Waals surface area contributed by atoms with Gasteiger partial charge in [-0.3, -0.25) is 0 Å². The zero-order chi connectivity index (χ0) is 17.1. The molecular weight excluding hydrogens is 371 g/mol. The lowest BCUT2D eigenvalue weighted by Gasteiger charge is -2.35. The number of piperazine rings is 1. The van der Waals surface area contributed by atoms with Crippen molar-refractivity contribution in [3.05, 3.63) is 57.5 Å². The Balaban J connectivity index is 1.61. The van der Waals surface area contributed by atoms with Gasteiger partial charge in [0, 0.05) is 37.9 Å². The molecule has 24 heavy (non-hydrogen) atoms. The van der Waals surface area contributed by atoms with Crippen LogP contribution in [-0.4, -0.2) is 37.2 Å². The molecule has 0 saturated carbocycles. The highest BCUT2D eigenvalue weighted by atomic mass is 35.5. The molecule has 1 fully saturated rings. The fraction of sp³-hybridized carbons (Fsp3) is 0.235. The van der Waals surface area contributed by atoms with E-state index in [-0.39, 0.29) is 15.8 Å². The van der Waals surface area contributed by atoms with Crippen molar-refractivity contribution < 1.29 is 9.53 Å². The van der Waals surface area contributed by atoms with Gasteiger partial charge in [-0.05, 0) is 18.2 Å². The second-order valence-corrected chi connectivity index (χ2v) is 6.60. The summed E-state index contributed by atoms with van der Waals surface area (Å²) in [7, 11) is 0. The van der Waals surface area contributed by atoms with Crippen molar-refractivity contribution in [2.24, 2.45) is 0 Å². The predicted octanol–water partition coefficient (Wildman–Crippen LogP) is 4.97. The summed E-state index contributed by atoms with van der Waals surface area (Å²) >= 11 is 17.9. The van der Waals surface area contributed by atoms with Crippen LogP contribution in [0.15, 0.2) is 42.5 Å². The molecule has 4 nitrogen and oxygen atoms in total. The molecule has 2 aromatic carbocycles. The molecular formula is C17H15Cl3N2O2. The molecule has 0 N–H and O–H groups in total. The first kappa shape index (κ1) is 17.2. The first-order chi connectivity index (χ1) is 11.5. The summed E-state index contributed by atoms with van der Waals surface area (Å²) < 4.78 is 5.35. The fourth-order valence-corrected chi connectivity index (χ4v) is 3.10. The molecule has 2 aromatic rings. The number of benzene rings is 2. The van der Waals surface area contributed by atoms with E-state index in [4.69, 9.17) is 39.5 Å². The highest BCUT2D eigenvalue weighted by Crippen LogP contribution is 2.34. The van der Waals surface area contributed by atoms with Crippen molar-refractivity contribution in [1.29, 1.82) is 0 Å². The lowest BCUT2D eigenvalue weighted by atomic mass is 10.2. The van der Waals surface area contributed by atoms with Gasteiger partial charge in [0.2, 0.25) is 0 Å². The van der Waals surface area contributed by atoms with Gasteiger partial charge in [0.1, 0.15) is 0 Å². The van der Waals surface area contributed by atoms with Crippen molar-refractivity contribution in [3.8, 4) is 5.75 Å². The Bertz CT molecular complexity index is 732. The predicted molar refractivity (Wildman–Crippen MR) is 97.7 cm³/mol. The van der Waals surface area contributed by atoms with E-state index < -0.39 is 6.09 Å². The lowest BCUT2D eigenvalue weighted by Crippen LogP contribution is -2.49. The molecule has 0 aliphatic carbocycles. The minimum absolute atomic E-state index is 0.210. The normalized spacial score (nSPS) is 14.6. The Morgan fingerprint density at radius 2 is 1.50 bits per heavy atom. The number of para-hydroxylation sites is 1. The molecule has 0 spiro atoms. The summed E-state index contributed by atoms with van der Waals surface area (Å²) in [6.45, 7) is 2.64. The summed E-state index contributed by atoms with van der Waals surface area (Å²) in [6.07, 6.45) is -0.442. The minimum Gasteiger partial charge on any atom is -0.409 e. The van der Waals surface area contributed by atoms with Crippen LogP contribution < -0.4 is 9.64 Å². The van der Waals surface area contributed by atoms with Crippen LogP contribution in [0.5, 0.6) is 5.75 Å². The second kappa shape index (κ2) is 7.51. The third-order valence-electron chi connectivity index (χ3n) is 3.83. The number of rotatable bonds is 2. The second-order valence-electron chi connectivity index (χ2n) is 5.37. The standard InChI is InChI=1S/C17H15Cl3N2O2/c18-13-10-15(20)16(11-14(13)19)24-17(23)22-8-6-21(7-9-22)12-4-2-1-3-5-12/h1-5,10-11H,6-9H2. The number of hydrogen-bond donors (Lipinski definition) is 0. The Hall–Kier alpha value is -1.62. The maximum absolute atomic E-state index is 12.3. The van der Waals surface area contributed by atoms with Crippen LogP contribution in [0, 0.1) is 0 Å². The third-order valence-corrected chi connectivity index (χ3v) is 4.85. The van der Waals surface area contributed by atoms with E-state index in [1.54, 1.807) is 4.90 Å². The van der Waals surface area contributed by atoms with Crippen LogP contribution in [0.25, 0.3) is 0 Å². The van der Waals surface area contributed by atoms with Gasteiger partial charge in [0.15, 0.2) is 5.75 Å². The van der Waals surface area contributed by atoms with E-state index >= 15 is 0 Å². The molecule has 3 rings (SSSR count). The summed E-state index contributed by atoms with van der Waals surface area (Å²) in [5, 5.41) is 0.858. The molecule has 0 radical (unpaired) electrons. The van der Waals surface area contributed by atoms with Crippen molar-refractivity contribution in [2.45, 2.75) is 0 Å². The smallest absolute Gasteiger partial charge is 0.409 e. The Kier molecular flexibility index (Phi) is 5.39. The molecule has 1 amide bonds. The SMILES string of the molecule is O=C(Oc1cc(Cl)c(Cl)cc1Cl)N1CCN(c2ccccc2)CC1. The van der Waals surface area contributed by atoms with Gasteiger partial charge in [-0.15, -0.1) is 0 Å². The Morgan fingerprint density at radius 3 is 2.17 bits per heavy atom. The van der Waals surface area contributed by atoms with Crippen LogP contribution in [-0.2, 0) is 0 Å². The quantitative estimate of drug-likeness (QED) is 0.684. The molecule has 1 saturated heterocycles. The molecule has 1 aliphatic rings. The molecule has 7 heteroatoms. The topological polar surface area (TPSA) is 32.8 Å². The van der Waals surface area contributed by atoms with Gasteiger partial charge < -0.3 is 14.5 Å². The van der Waals surface area contributed by atoms with Crippen molar-refractivity contribution in [3.63, 3.8) is 0 Å². The van der Waals surface area contributed by atoms with Crippen LogP contribution in [0.4, 0.5) is 10.5 Å². The molecule has 1 heterocycles. The number of nitrogens with zero attached hydrogens (tertiary/aromatic N) is 2. The number of hydrogen-bond acceptors (Lipinski definition) is 3. The molecule has 0 unspecified atom stereocenters. The molecule has 0 bridgehead atoms. The first-order valence-corrected chi connectivity index (χ1v) is 8.59. The zero-order valence-electron chi connectivity index (χ0n) is 12.7. The maximum Gasteiger partial charge on any atom is 0.415 e. The van der Waals surface area contributed by atoms with E-state index in [0.717, 1.165) is 18.8 Å². The van der Waals surface area contributed by atoms with Gasteiger partial charge >= 0.3 is 6.09 Å². The van der Waals surface area contributed by atoms with Gasteiger partial charge in [-0.1, -0.05) is 53.0 Å². The minimum atomic E-state index is -0.442. The van der Waals surface area contributed by atoms with Crippen molar-refractivity contribution in [1.82, 2.24) is 4.90 Å². The number of carbonyl (C=O) groups is 1. The molecule has 0 aromatic heterocycles. The Labute approximate surface area is 155 Å². The van der Waals surface area contributed by atoms with E-state index in [1.165, 1.54) is 12.1 Å². The molecule has 1 aliphatic heterocycles. The zero-order valence-corrected chi connectivity index (χ0v) is 15.0. The van der Waals surface area contributed by atoms with Gasteiger partial charge in [0.05, 0.1) is 15.1 Å². The maximum atomic E-state index is 12.3. The third kappa shape index (κ3) is 3.89. The number of amides is 1. The monoisotopic (exact) mass is 384 g/mol. The van der Waals surface area contributed by atoms with Crippen LogP contribution in [0.3, 0.4) is 0 Å². The summed E-state index contributed by atoms with van der Waals surface area (Å²) in [4.78, 5) is 16.2.